The van der Waals surface area contributed by atoms with Crippen molar-refractivity contribution in [1.82, 2.24) is 9.47 Å². The standard InChI is InChI=1S/C21H25ClN3O2S/c1-4-24-10-11-28-19(24)7-6-14-8-9-25-18-13-16(22)15(21(26)27-5-2)12-17(18)23(3)20(14)25/h6-7,12-13H,4-5,8-11H2,1-3H3/q+1. The zero-order valence-corrected chi connectivity index (χ0v) is 18.1. The smallest absolute Gasteiger partial charge is 0.339 e. The van der Waals surface area contributed by atoms with Crippen LogP contribution in [0.15, 0.2) is 29.3 Å². The van der Waals surface area contributed by atoms with Crippen LogP contribution in [0.25, 0.3) is 16.6 Å². The van der Waals surface area contributed by atoms with Crippen molar-refractivity contribution in [2.45, 2.75) is 26.8 Å². The highest BCUT2D eigenvalue weighted by molar-refractivity contribution is 8.03. The number of nitrogens with zero attached hydrogens (tertiary/aromatic N) is 3. The lowest BCUT2D eigenvalue weighted by molar-refractivity contribution is -0.647. The summed E-state index contributed by atoms with van der Waals surface area (Å²) in [6.07, 6.45) is 5.50. The number of aryl methyl sites for hydroxylation is 2. The van der Waals surface area contributed by atoms with Gasteiger partial charge in [0.05, 0.1) is 35.8 Å². The zero-order chi connectivity index (χ0) is 19.8. The molecule has 0 aliphatic carbocycles. The number of ether oxygens (including phenoxy) is 1. The highest BCUT2D eigenvalue weighted by Gasteiger charge is 2.32. The summed E-state index contributed by atoms with van der Waals surface area (Å²) in [5.74, 6) is 1.96. The molecule has 0 unspecified atom stereocenters. The Morgan fingerprint density at radius 2 is 2.14 bits per heavy atom. The van der Waals surface area contributed by atoms with Gasteiger partial charge in [-0.15, -0.1) is 11.8 Å². The summed E-state index contributed by atoms with van der Waals surface area (Å²) in [5.41, 5.74) is 3.77. The van der Waals surface area contributed by atoms with Crippen LogP contribution in [0.5, 0.6) is 0 Å². The third kappa shape index (κ3) is 3.22. The summed E-state index contributed by atoms with van der Waals surface area (Å²) in [5, 5.41) is 1.78. The van der Waals surface area contributed by atoms with Gasteiger partial charge in [-0.25, -0.2) is 13.9 Å². The second kappa shape index (κ2) is 7.84. The van der Waals surface area contributed by atoms with E-state index in [1.54, 1.807) is 6.92 Å². The summed E-state index contributed by atoms with van der Waals surface area (Å²) in [7, 11) is 2.05. The van der Waals surface area contributed by atoms with E-state index in [9.17, 15) is 4.79 Å². The normalized spacial score (nSPS) is 19.2. The average Bonchev–Trinajstić information content (AvgIpc) is 3.37. The summed E-state index contributed by atoms with van der Waals surface area (Å²) < 4.78 is 9.60. The number of carbonyl (C=O) groups excluding carboxylic acids is 1. The third-order valence-electron chi connectivity index (χ3n) is 5.41. The minimum Gasteiger partial charge on any atom is -0.462 e. The van der Waals surface area contributed by atoms with Gasteiger partial charge in [0.1, 0.15) is 0 Å². The molecule has 4 rings (SSSR count). The van der Waals surface area contributed by atoms with E-state index in [4.69, 9.17) is 16.3 Å². The van der Waals surface area contributed by atoms with E-state index >= 15 is 0 Å². The first-order valence-corrected chi connectivity index (χ1v) is 11.1. The number of benzene rings is 1. The van der Waals surface area contributed by atoms with E-state index in [0.717, 1.165) is 42.8 Å². The number of imidazole rings is 1. The molecule has 148 valence electrons. The van der Waals surface area contributed by atoms with E-state index in [0.29, 0.717) is 17.2 Å². The molecule has 0 N–H and O–H groups in total. The van der Waals surface area contributed by atoms with Crippen LogP contribution < -0.4 is 4.57 Å². The number of thioether (sulfide) groups is 1. The molecule has 0 bridgehead atoms. The zero-order valence-electron chi connectivity index (χ0n) is 16.5. The molecule has 3 heterocycles. The van der Waals surface area contributed by atoms with Crippen LogP contribution in [0, 0.1) is 0 Å². The lowest BCUT2D eigenvalue weighted by Crippen LogP contribution is -2.31. The fourth-order valence-electron chi connectivity index (χ4n) is 4.03. The molecular weight excluding hydrogens is 394 g/mol. The maximum atomic E-state index is 12.2. The van der Waals surface area contributed by atoms with Gasteiger partial charge in [-0.3, -0.25) is 0 Å². The number of halogens is 1. The van der Waals surface area contributed by atoms with Crippen LogP contribution in [0.3, 0.4) is 0 Å². The predicted octanol–water partition coefficient (Wildman–Crippen LogP) is 3.99. The van der Waals surface area contributed by atoms with Crippen molar-refractivity contribution in [3.8, 4) is 0 Å². The van der Waals surface area contributed by atoms with Gasteiger partial charge in [0.15, 0.2) is 11.0 Å². The molecule has 0 amide bonds. The van der Waals surface area contributed by atoms with Crippen molar-refractivity contribution in [1.29, 1.82) is 0 Å². The Balaban J connectivity index is 1.76. The number of carbonyl (C=O) groups is 1. The van der Waals surface area contributed by atoms with Gasteiger partial charge in [-0.1, -0.05) is 11.6 Å². The number of aromatic nitrogens is 2. The quantitative estimate of drug-likeness (QED) is 0.555. The maximum Gasteiger partial charge on any atom is 0.339 e. The lowest BCUT2D eigenvalue weighted by atomic mass is 10.1. The Morgan fingerprint density at radius 3 is 2.89 bits per heavy atom. The van der Waals surface area contributed by atoms with Crippen LogP contribution >= 0.6 is 23.4 Å². The van der Waals surface area contributed by atoms with Gasteiger partial charge < -0.3 is 9.64 Å². The van der Waals surface area contributed by atoms with Crippen molar-refractivity contribution in [2.75, 3.05) is 25.4 Å². The largest absolute Gasteiger partial charge is 0.462 e. The van der Waals surface area contributed by atoms with Gasteiger partial charge in [0.25, 0.3) is 5.82 Å². The molecule has 2 aliphatic heterocycles. The summed E-state index contributed by atoms with van der Waals surface area (Å²) >= 11 is 8.33. The fourth-order valence-corrected chi connectivity index (χ4v) is 5.35. The van der Waals surface area contributed by atoms with Gasteiger partial charge >= 0.3 is 5.97 Å². The lowest BCUT2D eigenvalue weighted by Gasteiger charge is -2.15. The molecule has 5 nitrogen and oxygen atoms in total. The first-order chi connectivity index (χ1) is 13.5. The Bertz CT molecular complexity index is 1010. The van der Waals surface area contributed by atoms with Crippen LogP contribution in [0.4, 0.5) is 0 Å². The molecule has 2 aromatic rings. The molecule has 1 aromatic carbocycles. The van der Waals surface area contributed by atoms with Crippen molar-refractivity contribution >= 4 is 45.9 Å². The number of rotatable bonds is 4. The molecule has 0 radical (unpaired) electrons. The second-order valence-electron chi connectivity index (χ2n) is 6.95. The van der Waals surface area contributed by atoms with Crippen molar-refractivity contribution < 1.29 is 14.1 Å². The minimum absolute atomic E-state index is 0.333. The van der Waals surface area contributed by atoms with Crippen LogP contribution in [0.2, 0.25) is 5.02 Å². The fraction of sp³-hybridized carbons (Fsp3) is 0.429. The Kier molecular flexibility index (Phi) is 5.43. The molecular formula is C21H25ClN3O2S+. The number of hydrogen-bond acceptors (Lipinski definition) is 4. The van der Waals surface area contributed by atoms with Gasteiger partial charge in [-0.2, -0.15) is 0 Å². The van der Waals surface area contributed by atoms with Crippen LogP contribution in [-0.2, 0) is 18.3 Å². The third-order valence-corrected chi connectivity index (χ3v) is 6.80. The topological polar surface area (TPSA) is 38.4 Å². The molecule has 28 heavy (non-hydrogen) atoms. The number of hydrogen-bond donors (Lipinski definition) is 0. The predicted molar refractivity (Wildman–Crippen MR) is 114 cm³/mol. The molecule has 0 spiro atoms. The molecule has 1 fully saturated rings. The van der Waals surface area contributed by atoms with E-state index in [1.807, 2.05) is 30.9 Å². The van der Waals surface area contributed by atoms with E-state index in [2.05, 4.69) is 33.1 Å². The van der Waals surface area contributed by atoms with Crippen LogP contribution in [-0.4, -0.2) is 40.9 Å². The molecule has 0 saturated carbocycles. The van der Waals surface area contributed by atoms with E-state index in [-0.39, 0.29) is 5.97 Å². The number of allylic oxidation sites excluding steroid dienone is 3. The molecule has 0 atom stereocenters. The molecule has 1 aromatic heterocycles. The number of fused-ring (bicyclic) bond motifs is 3. The summed E-state index contributed by atoms with van der Waals surface area (Å²) in [6.45, 7) is 7.42. The van der Waals surface area contributed by atoms with Crippen molar-refractivity contribution in [2.24, 2.45) is 7.05 Å². The highest BCUT2D eigenvalue weighted by atomic mass is 35.5. The summed E-state index contributed by atoms with van der Waals surface area (Å²) in [6, 6.07) is 3.74. The molecule has 7 heteroatoms. The van der Waals surface area contributed by atoms with Crippen molar-refractivity contribution in [3.63, 3.8) is 0 Å². The van der Waals surface area contributed by atoms with E-state index in [1.165, 1.54) is 16.4 Å². The first kappa shape index (κ1) is 19.4. The summed E-state index contributed by atoms with van der Waals surface area (Å²) in [4.78, 5) is 14.6. The van der Waals surface area contributed by atoms with Gasteiger partial charge in [-0.05, 0) is 26.0 Å². The monoisotopic (exact) mass is 418 g/mol. The van der Waals surface area contributed by atoms with Crippen LogP contribution in [0.1, 0.15) is 36.5 Å². The van der Waals surface area contributed by atoms with E-state index < -0.39 is 0 Å². The van der Waals surface area contributed by atoms with Gasteiger partial charge in [0, 0.05) is 43.0 Å². The SMILES string of the molecule is CCOC(=O)c1cc2c(cc1Cl)n1c([n+]2C)C(=CC=C2SCCN2CC)CC1. The Morgan fingerprint density at radius 1 is 1.32 bits per heavy atom. The van der Waals surface area contributed by atoms with Crippen molar-refractivity contribution in [3.05, 3.63) is 45.7 Å². The maximum absolute atomic E-state index is 12.2. The molecule has 1 saturated heterocycles. The highest BCUT2D eigenvalue weighted by Crippen LogP contribution is 2.33. The Hall–Kier alpha value is -1.92. The average molecular weight is 419 g/mol. The minimum atomic E-state index is -0.376. The Labute approximate surface area is 174 Å². The first-order valence-electron chi connectivity index (χ1n) is 9.73. The number of esters is 1. The van der Waals surface area contributed by atoms with Gasteiger partial charge in [0.2, 0.25) is 0 Å². The second-order valence-corrected chi connectivity index (χ2v) is 8.47. The molecule has 2 aliphatic rings.